The summed E-state index contributed by atoms with van der Waals surface area (Å²) in [5.41, 5.74) is 13.9. The lowest BCUT2D eigenvalue weighted by Gasteiger charge is -2.26. The minimum absolute atomic E-state index is 0. The van der Waals surface area contributed by atoms with Gasteiger partial charge >= 0.3 is 0 Å². The van der Waals surface area contributed by atoms with Crippen molar-refractivity contribution in [3.8, 4) is 22.8 Å². The van der Waals surface area contributed by atoms with Crippen molar-refractivity contribution < 1.29 is 4.74 Å². The van der Waals surface area contributed by atoms with Gasteiger partial charge in [-0.3, -0.25) is 9.48 Å². The Bertz CT molecular complexity index is 1260. The first-order chi connectivity index (χ1) is 15.1. The Kier molecular flexibility index (Phi) is 6.16. The Labute approximate surface area is 191 Å². The van der Waals surface area contributed by atoms with Crippen LogP contribution in [0.5, 0.6) is 11.5 Å². The Morgan fingerprint density at radius 2 is 1.62 bits per heavy atom. The summed E-state index contributed by atoms with van der Waals surface area (Å²) >= 11 is 0. The fraction of sp³-hybridized carbons (Fsp3) is 0.261. The number of nitrogens with two attached hydrogens (primary N) is 2. The number of nitrogens with one attached hydrogen (secondary N) is 1. The second kappa shape index (κ2) is 9.02. The van der Waals surface area contributed by atoms with E-state index in [-0.39, 0.29) is 35.9 Å². The highest BCUT2D eigenvalue weighted by molar-refractivity contribution is 5.99. The van der Waals surface area contributed by atoms with Crippen molar-refractivity contribution in [2.75, 3.05) is 5.73 Å². The third-order valence-electron chi connectivity index (χ3n) is 5.85. The van der Waals surface area contributed by atoms with Crippen molar-refractivity contribution in [3.63, 3.8) is 0 Å². The number of ether oxygens (including phenoxy) is 1. The van der Waals surface area contributed by atoms with Crippen molar-refractivity contribution in [1.29, 1.82) is 0 Å². The highest BCUT2D eigenvalue weighted by atomic mass is 35.5. The van der Waals surface area contributed by atoms with Gasteiger partial charge in [0.25, 0.3) is 5.56 Å². The van der Waals surface area contributed by atoms with Gasteiger partial charge in [0, 0.05) is 11.6 Å². The van der Waals surface area contributed by atoms with Crippen LogP contribution in [0.25, 0.3) is 22.2 Å². The molecule has 2 heterocycles. The summed E-state index contributed by atoms with van der Waals surface area (Å²) in [6, 6.07) is 17.5. The van der Waals surface area contributed by atoms with Crippen LogP contribution in [-0.2, 0) is 0 Å². The third kappa shape index (κ3) is 4.06. The molecule has 0 atom stereocenters. The van der Waals surface area contributed by atoms with Crippen molar-refractivity contribution >= 4 is 29.1 Å². The smallest absolute Gasteiger partial charge is 0.290 e. The molecular formula is C23H25ClN6O2. The van der Waals surface area contributed by atoms with Gasteiger partial charge in [-0.15, -0.1) is 12.4 Å². The van der Waals surface area contributed by atoms with Gasteiger partial charge in [-0.25, -0.2) is 5.10 Å². The van der Waals surface area contributed by atoms with Crippen LogP contribution in [0.3, 0.4) is 0 Å². The van der Waals surface area contributed by atoms with Crippen LogP contribution < -0.4 is 21.8 Å². The highest BCUT2D eigenvalue weighted by Crippen LogP contribution is 2.35. The summed E-state index contributed by atoms with van der Waals surface area (Å²) in [6.07, 6.45) is 3.57. The molecule has 9 heteroatoms. The molecule has 0 saturated heterocycles. The summed E-state index contributed by atoms with van der Waals surface area (Å²) in [7, 11) is 0. The van der Waals surface area contributed by atoms with Gasteiger partial charge in [0.05, 0.1) is 11.4 Å². The quantitative estimate of drug-likeness (QED) is 0.429. The van der Waals surface area contributed by atoms with Gasteiger partial charge in [-0.2, -0.15) is 10.2 Å². The van der Waals surface area contributed by atoms with E-state index in [0.717, 1.165) is 37.0 Å². The van der Waals surface area contributed by atoms with E-state index in [0.29, 0.717) is 22.3 Å². The maximum atomic E-state index is 12.7. The van der Waals surface area contributed by atoms with E-state index in [1.165, 1.54) is 0 Å². The van der Waals surface area contributed by atoms with Crippen LogP contribution in [0.1, 0.15) is 31.7 Å². The van der Waals surface area contributed by atoms with Crippen LogP contribution in [0.15, 0.2) is 59.4 Å². The average Bonchev–Trinajstić information content (AvgIpc) is 3.20. The number of nitrogen functional groups attached to an aromatic ring is 1. The van der Waals surface area contributed by atoms with E-state index >= 15 is 0 Å². The average molecular weight is 453 g/mol. The molecule has 1 saturated carbocycles. The van der Waals surface area contributed by atoms with Crippen molar-refractivity contribution in [2.45, 2.75) is 37.8 Å². The zero-order valence-corrected chi connectivity index (χ0v) is 18.2. The summed E-state index contributed by atoms with van der Waals surface area (Å²) in [5.74, 6) is 1.73. The van der Waals surface area contributed by atoms with Gasteiger partial charge in [0.15, 0.2) is 5.82 Å². The van der Waals surface area contributed by atoms with E-state index in [9.17, 15) is 4.79 Å². The summed E-state index contributed by atoms with van der Waals surface area (Å²) in [5, 5.41) is 11.9. The number of aromatic amines is 1. The topological polar surface area (TPSA) is 125 Å². The van der Waals surface area contributed by atoms with E-state index in [4.69, 9.17) is 21.3 Å². The monoisotopic (exact) mass is 452 g/mol. The van der Waals surface area contributed by atoms with Crippen LogP contribution in [0.4, 0.5) is 5.82 Å². The molecule has 5 rings (SSSR count). The van der Waals surface area contributed by atoms with Gasteiger partial charge in [0.2, 0.25) is 0 Å². The minimum Gasteiger partial charge on any atom is -0.457 e. The number of hydrogen-bond acceptors (Lipinski definition) is 6. The van der Waals surface area contributed by atoms with Crippen molar-refractivity contribution in [1.82, 2.24) is 20.0 Å². The van der Waals surface area contributed by atoms with Crippen molar-refractivity contribution in [2.24, 2.45) is 5.73 Å². The molecule has 2 aromatic carbocycles. The molecule has 0 radical (unpaired) electrons. The molecule has 32 heavy (non-hydrogen) atoms. The predicted octanol–water partition coefficient (Wildman–Crippen LogP) is 4.03. The number of aromatic nitrogens is 4. The minimum atomic E-state index is -0.290. The van der Waals surface area contributed by atoms with Crippen molar-refractivity contribution in [3.05, 3.63) is 65.0 Å². The zero-order chi connectivity index (χ0) is 21.4. The molecule has 8 nitrogen and oxygen atoms in total. The molecule has 2 aromatic heterocycles. The van der Waals surface area contributed by atoms with Crippen LogP contribution >= 0.6 is 12.4 Å². The molecule has 0 aliphatic heterocycles. The molecule has 1 aliphatic carbocycles. The highest BCUT2D eigenvalue weighted by Gasteiger charge is 2.26. The second-order valence-corrected chi connectivity index (χ2v) is 7.96. The Hall–Kier alpha value is -3.36. The number of benzene rings is 2. The largest absolute Gasteiger partial charge is 0.457 e. The Morgan fingerprint density at radius 3 is 2.31 bits per heavy atom. The maximum absolute atomic E-state index is 12.7. The van der Waals surface area contributed by atoms with Gasteiger partial charge in [0.1, 0.15) is 22.7 Å². The first-order valence-corrected chi connectivity index (χ1v) is 10.5. The first-order valence-electron chi connectivity index (χ1n) is 10.5. The fourth-order valence-corrected chi connectivity index (χ4v) is 4.23. The predicted molar refractivity (Wildman–Crippen MR) is 127 cm³/mol. The van der Waals surface area contributed by atoms with E-state index in [2.05, 4.69) is 10.2 Å². The fourth-order valence-electron chi connectivity index (χ4n) is 4.23. The number of halogens is 1. The number of nitrogens with zero attached hydrogens (tertiary/aromatic N) is 3. The molecule has 166 valence electrons. The third-order valence-corrected chi connectivity index (χ3v) is 5.85. The lowest BCUT2D eigenvalue weighted by atomic mass is 9.92. The molecule has 0 unspecified atom stereocenters. The number of H-pyrrole nitrogens is 1. The molecular weight excluding hydrogens is 428 g/mol. The molecule has 0 amide bonds. The summed E-state index contributed by atoms with van der Waals surface area (Å²) < 4.78 is 7.70. The summed E-state index contributed by atoms with van der Waals surface area (Å²) in [4.78, 5) is 12.7. The second-order valence-electron chi connectivity index (χ2n) is 7.96. The SMILES string of the molecule is Cl.Nc1n[nH]c(=O)c2c1c(-c1ccc(Oc3ccccc3)cc1)nn2C1CCC(N)CC1. The number of anilines is 1. The van der Waals surface area contributed by atoms with Crippen LogP contribution in [0.2, 0.25) is 0 Å². The Balaban J connectivity index is 0.00000245. The normalized spacial score (nSPS) is 18.3. The lowest BCUT2D eigenvalue weighted by molar-refractivity contribution is 0.311. The maximum Gasteiger partial charge on any atom is 0.290 e. The first kappa shape index (κ1) is 21.9. The number of rotatable bonds is 4. The van der Waals surface area contributed by atoms with Gasteiger partial charge in [-0.05, 0) is 62.1 Å². The molecule has 0 bridgehead atoms. The van der Waals surface area contributed by atoms with E-state index in [1.807, 2.05) is 59.3 Å². The Morgan fingerprint density at radius 1 is 0.969 bits per heavy atom. The number of fused-ring (bicyclic) bond motifs is 1. The van der Waals surface area contributed by atoms with E-state index in [1.54, 1.807) is 0 Å². The number of para-hydroxylation sites is 1. The summed E-state index contributed by atoms with van der Waals surface area (Å²) in [6.45, 7) is 0. The van der Waals surface area contributed by atoms with Crippen LogP contribution in [-0.4, -0.2) is 26.0 Å². The van der Waals surface area contributed by atoms with E-state index < -0.39 is 0 Å². The molecule has 0 spiro atoms. The van der Waals surface area contributed by atoms with Gasteiger partial charge < -0.3 is 16.2 Å². The zero-order valence-electron chi connectivity index (χ0n) is 17.4. The molecule has 4 aromatic rings. The van der Waals surface area contributed by atoms with Gasteiger partial charge in [-0.1, -0.05) is 18.2 Å². The number of hydrogen-bond donors (Lipinski definition) is 3. The molecule has 1 fully saturated rings. The molecule has 1 aliphatic rings. The van der Waals surface area contributed by atoms with Crippen LogP contribution in [0, 0.1) is 0 Å². The molecule has 5 N–H and O–H groups in total. The standard InChI is InChI=1S/C23H24N6O2.ClH/c24-15-8-10-16(11-9-15)29-21-19(22(25)26-27-23(21)30)20(28-29)14-6-12-18(13-7-14)31-17-4-2-1-3-5-17;/h1-7,12-13,15-16H,8-11,24H2,(H2,25,26)(H,27,30);1H. The lowest BCUT2D eigenvalue weighted by Crippen LogP contribution is -2.29.